The molecular formula is C9H18N2O3. The van der Waals surface area contributed by atoms with Crippen molar-refractivity contribution >= 4 is 5.91 Å². The molecule has 5 nitrogen and oxygen atoms in total. The van der Waals surface area contributed by atoms with E-state index in [1.54, 1.807) is 6.92 Å². The van der Waals surface area contributed by atoms with Crippen LogP contribution in [0, 0.1) is 0 Å². The van der Waals surface area contributed by atoms with E-state index >= 15 is 0 Å². The van der Waals surface area contributed by atoms with Gasteiger partial charge in [-0.25, -0.2) is 0 Å². The summed E-state index contributed by atoms with van der Waals surface area (Å²) in [5, 5.41) is 11.7. The maximum atomic E-state index is 11.4. The SMILES string of the molecule is CC(O)C(N)CNC(=O)C1CCCO1. The minimum absolute atomic E-state index is 0.126. The number of ether oxygens (including phenoxy) is 1. The van der Waals surface area contributed by atoms with Gasteiger partial charge in [0, 0.05) is 19.2 Å². The van der Waals surface area contributed by atoms with Gasteiger partial charge in [-0.2, -0.15) is 0 Å². The lowest BCUT2D eigenvalue weighted by atomic mass is 10.2. The molecule has 0 bridgehead atoms. The van der Waals surface area contributed by atoms with Crippen LogP contribution in [0.25, 0.3) is 0 Å². The van der Waals surface area contributed by atoms with Crippen molar-refractivity contribution in [2.24, 2.45) is 5.73 Å². The first kappa shape index (κ1) is 11.4. The molecule has 14 heavy (non-hydrogen) atoms. The monoisotopic (exact) mass is 202 g/mol. The summed E-state index contributed by atoms with van der Waals surface area (Å²) >= 11 is 0. The first-order chi connectivity index (χ1) is 6.61. The van der Waals surface area contributed by atoms with Crippen LogP contribution in [0.1, 0.15) is 19.8 Å². The van der Waals surface area contributed by atoms with Crippen molar-refractivity contribution < 1.29 is 14.6 Å². The smallest absolute Gasteiger partial charge is 0.249 e. The minimum Gasteiger partial charge on any atom is -0.392 e. The van der Waals surface area contributed by atoms with Crippen LogP contribution >= 0.6 is 0 Å². The second-order valence-corrected chi connectivity index (χ2v) is 3.65. The van der Waals surface area contributed by atoms with E-state index in [9.17, 15) is 4.79 Å². The predicted molar refractivity (Wildman–Crippen MR) is 51.6 cm³/mol. The van der Waals surface area contributed by atoms with Gasteiger partial charge >= 0.3 is 0 Å². The molecule has 1 saturated heterocycles. The van der Waals surface area contributed by atoms with Gasteiger partial charge in [0.25, 0.3) is 0 Å². The fraction of sp³-hybridized carbons (Fsp3) is 0.889. The van der Waals surface area contributed by atoms with Gasteiger partial charge in [0.05, 0.1) is 6.10 Å². The third-order valence-electron chi connectivity index (χ3n) is 2.35. The van der Waals surface area contributed by atoms with E-state index in [-0.39, 0.29) is 18.6 Å². The van der Waals surface area contributed by atoms with Gasteiger partial charge in [-0.05, 0) is 19.8 Å². The van der Waals surface area contributed by atoms with Crippen molar-refractivity contribution in [2.45, 2.75) is 38.0 Å². The number of hydrogen-bond acceptors (Lipinski definition) is 4. The molecule has 0 radical (unpaired) electrons. The maximum Gasteiger partial charge on any atom is 0.249 e. The van der Waals surface area contributed by atoms with Gasteiger partial charge in [-0.3, -0.25) is 4.79 Å². The summed E-state index contributed by atoms with van der Waals surface area (Å²) < 4.78 is 5.19. The van der Waals surface area contributed by atoms with Crippen LogP contribution in [0.4, 0.5) is 0 Å². The average Bonchev–Trinajstić information content (AvgIpc) is 2.66. The molecule has 0 saturated carbocycles. The molecule has 1 heterocycles. The summed E-state index contributed by atoms with van der Waals surface area (Å²) in [6, 6.07) is -0.416. The highest BCUT2D eigenvalue weighted by molar-refractivity contribution is 5.80. The Labute approximate surface area is 83.6 Å². The molecule has 3 atom stereocenters. The molecule has 5 heteroatoms. The number of rotatable bonds is 4. The normalized spacial score (nSPS) is 25.8. The number of carbonyl (C=O) groups excluding carboxylic acids is 1. The van der Waals surface area contributed by atoms with E-state index < -0.39 is 12.1 Å². The number of aliphatic hydroxyl groups excluding tert-OH is 1. The zero-order valence-corrected chi connectivity index (χ0v) is 8.40. The Balaban J connectivity index is 2.20. The minimum atomic E-state index is -0.611. The van der Waals surface area contributed by atoms with Crippen LogP contribution in [-0.4, -0.2) is 42.4 Å². The van der Waals surface area contributed by atoms with Crippen LogP contribution < -0.4 is 11.1 Å². The zero-order chi connectivity index (χ0) is 10.6. The molecule has 1 rings (SSSR count). The van der Waals surface area contributed by atoms with E-state index in [0.29, 0.717) is 6.61 Å². The molecule has 1 fully saturated rings. The van der Waals surface area contributed by atoms with Gasteiger partial charge < -0.3 is 20.9 Å². The van der Waals surface area contributed by atoms with Crippen LogP contribution in [-0.2, 0) is 9.53 Å². The Morgan fingerprint density at radius 3 is 3.00 bits per heavy atom. The highest BCUT2D eigenvalue weighted by atomic mass is 16.5. The van der Waals surface area contributed by atoms with Crippen LogP contribution in [0.15, 0.2) is 0 Å². The number of hydrogen-bond donors (Lipinski definition) is 3. The molecule has 0 aliphatic carbocycles. The van der Waals surface area contributed by atoms with Gasteiger partial charge in [-0.1, -0.05) is 0 Å². The summed E-state index contributed by atoms with van der Waals surface area (Å²) in [7, 11) is 0. The Bertz CT molecular complexity index is 190. The van der Waals surface area contributed by atoms with Crippen molar-refractivity contribution in [2.75, 3.05) is 13.2 Å². The molecule has 0 aromatic rings. The predicted octanol–water partition coefficient (Wildman–Crippen LogP) is -1.01. The number of carbonyl (C=O) groups is 1. The summed E-state index contributed by atoms with van der Waals surface area (Å²) in [6.45, 7) is 2.54. The van der Waals surface area contributed by atoms with E-state index in [1.807, 2.05) is 0 Å². The summed E-state index contributed by atoms with van der Waals surface area (Å²) in [6.07, 6.45) is 0.770. The molecule has 1 aliphatic heterocycles. The lowest BCUT2D eigenvalue weighted by Crippen LogP contribution is -2.46. The third kappa shape index (κ3) is 3.25. The summed E-state index contributed by atoms with van der Waals surface area (Å²) in [5.41, 5.74) is 5.56. The van der Waals surface area contributed by atoms with Crippen molar-refractivity contribution in [3.05, 3.63) is 0 Å². The van der Waals surface area contributed by atoms with E-state index in [1.165, 1.54) is 0 Å². The largest absolute Gasteiger partial charge is 0.392 e. The van der Waals surface area contributed by atoms with Crippen LogP contribution in [0.5, 0.6) is 0 Å². The number of nitrogens with one attached hydrogen (secondary N) is 1. The fourth-order valence-corrected chi connectivity index (χ4v) is 1.29. The van der Waals surface area contributed by atoms with Gasteiger partial charge in [0.15, 0.2) is 0 Å². The fourth-order valence-electron chi connectivity index (χ4n) is 1.29. The second kappa shape index (κ2) is 5.29. The molecule has 1 amide bonds. The molecular weight excluding hydrogens is 184 g/mol. The van der Waals surface area contributed by atoms with Gasteiger partial charge in [-0.15, -0.1) is 0 Å². The number of nitrogens with two attached hydrogens (primary N) is 1. The highest BCUT2D eigenvalue weighted by Crippen LogP contribution is 2.11. The zero-order valence-electron chi connectivity index (χ0n) is 8.40. The van der Waals surface area contributed by atoms with Crippen LogP contribution in [0.2, 0.25) is 0 Å². The number of amides is 1. The summed E-state index contributed by atoms with van der Waals surface area (Å²) in [4.78, 5) is 11.4. The summed E-state index contributed by atoms with van der Waals surface area (Å²) in [5.74, 6) is -0.126. The standard InChI is InChI=1S/C9H18N2O3/c1-6(12)7(10)5-11-9(13)8-3-2-4-14-8/h6-8,12H,2-5,10H2,1H3,(H,11,13). The maximum absolute atomic E-state index is 11.4. The lowest BCUT2D eigenvalue weighted by Gasteiger charge is -2.16. The number of aliphatic hydroxyl groups is 1. The Morgan fingerprint density at radius 2 is 2.50 bits per heavy atom. The molecule has 0 aromatic heterocycles. The molecule has 3 unspecified atom stereocenters. The molecule has 0 aromatic carbocycles. The Kier molecular flexibility index (Phi) is 4.31. The molecule has 82 valence electrons. The quantitative estimate of drug-likeness (QED) is 0.545. The lowest BCUT2D eigenvalue weighted by molar-refractivity contribution is -0.130. The molecule has 1 aliphatic rings. The van der Waals surface area contributed by atoms with Crippen molar-refractivity contribution in [1.82, 2.24) is 5.32 Å². The van der Waals surface area contributed by atoms with E-state index in [2.05, 4.69) is 5.32 Å². The van der Waals surface area contributed by atoms with E-state index in [0.717, 1.165) is 12.8 Å². The third-order valence-corrected chi connectivity index (χ3v) is 2.35. The van der Waals surface area contributed by atoms with Gasteiger partial charge in [0.2, 0.25) is 5.91 Å². The van der Waals surface area contributed by atoms with Crippen molar-refractivity contribution in [3.63, 3.8) is 0 Å². The first-order valence-electron chi connectivity index (χ1n) is 4.94. The van der Waals surface area contributed by atoms with Crippen LogP contribution in [0.3, 0.4) is 0 Å². The molecule has 0 spiro atoms. The van der Waals surface area contributed by atoms with E-state index in [4.69, 9.17) is 15.6 Å². The highest BCUT2D eigenvalue weighted by Gasteiger charge is 2.23. The second-order valence-electron chi connectivity index (χ2n) is 3.65. The molecule has 4 N–H and O–H groups in total. The average molecular weight is 202 g/mol. The van der Waals surface area contributed by atoms with Crippen molar-refractivity contribution in [1.29, 1.82) is 0 Å². The Hall–Kier alpha value is -0.650. The topological polar surface area (TPSA) is 84.6 Å². The Morgan fingerprint density at radius 1 is 1.79 bits per heavy atom. The van der Waals surface area contributed by atoms with Gasteiger partial charge in [0.1, 0.15) is 6.10 Å². The first-order valence-corrected chi connectivity index (χ1v) is 4.94. The van der Waals surface area contributed by atoms with Crippen molar-refractivity contribution in [3.8, 4) is 0 Å².